The standard InChI is InChI=1S/C12H20N4O3/c1-8(2)9-14-10(16-15-9)11(17)13-7-12(18)3-5-19-6-4-12/h8,18H,3-7H2,1-2H3,(H,13,17)(H,14,15,16). The van der Waals surface area contributed by atoms with Crippen molar-refractivity contribution in [3.05, 3.63) is 11.6 Å². The number of hydrogen-bond donors (Lipinski definition) is 3. The largest absolute Gasteiger partial charge is 0.388 e. The van der Waals surface area contributed by atoms with E-state index in [4.69, 9.17) is 4.74 Å². The molecule has 106 valence electrons. The number of nitrogens with one attached hydrogen (secondary N) is 2. The van der Waals surface area contributed by atoms with Crippen molar-refractivity contribution in [2.24, 2.45) is 0 Å². The SMILES string of the molecule is CC(C)c1nc(C(=O)NCC2(O)CCOCC2)n[nH]1. The molecule has 0 aromatic carbocycles. The lowest BCUT2D eigenvalue weighted by atomic mass is 9.94. The van der Waals surface area contributed by atoms with E-state index in [1.54, 1.807) is 0 Å². The van der Waals surface area contributed by atoms with Gasteiger partial charge in [0.05, 0.1) is 5.60 Å². The van der Waals surface area contributed by atoms with Crippen molar-refractivity contribution in [1.29, 1.82) is 0 Å². The van der Waals surface area contributed by atoms with Gasteiger partial charge in [-0.3, -0.25) is 9.89 Å². The van der Waals surface area contributed by atoms with Gasteiger partial charge in [-0.25, -0.2) is 4.98 Å². The number of nitrogens with zero attached hydrogens (tertiary/aromatic N) is 2. The summed E-state index contributed by atoms with van der Waals surface area (Å²) >= 11 is 0. The third-order valence-corrected chi connectivity index (χ3v) is 3.25. The molecule has 19 heavy (non-hydrogen) atoms. The highest BCUT2D eigenvalue weighted by molar-refractivity contribution is 5.90. The topological polar surface area (TPSA) is 100 Å². The van der Waals surface area contributed by atoms with Crippen molar-refractivity contribution >= 4 is 5.91 Å². The Labute approximate surface area is 111 Å². The Morgan fingerprint density at radius 3 is 2.79 bits per heavy atom. The molecule has 0 radical (unpaired) electrons. The summed E-state index contributed by atoms with van der Waals surface area (Å²) in [7, 11) is 0. The molecule has 0 spiro atoms. The van der Waals surface area contributed by atoms with E-state index in [0.717, 1.165) is 0 Å². The maximum Gasteiger partial charge on any atom is 0.291 e. The highest BCUT2D eigenvalue weighted by atomic mass is 16.5. The van der Waals surface area contributed by atoms with E-state index in [9.17, 15) is 9.90 Å². The number of carbonyl (C=O) groups is 1. The second-order valence-corrected chi connectivity index (χ2v) is 5.22. The van der Waals surface area contributed by atoms with Gasteiger partial charge >= 0.3 is 0 Å². The first-order valence-electron chi connectivity index (χ1n) is 6.51. The van der Waals surface area contributed by atoms with E-state index in [-0.39, 0.29) is 24.2 Å². The molecule has 0 bridgehead atoms. The lowest BCUT2D eigenvalue weighted by Crippen LogP contribution is -2.46. The minimum absolute atomic E-state index is 0.111. The lowest BCUT2D eigenvalue weighted by Gasteiger charge is -2.31. The Bertz CT molecular complexity index is 438. The highest BCUT2D eigenvalue weighted by Crippen LogP contribution is 2.19. The van der Waals surface area contributed by atoms with Crippen molar-refractivity contribution < 1.29 is 14.6 Å². The van der Waals surface area contributed by atoms with E-state index in [1.807, 2.05) is 13.8 Å². The Morgan fingerprint density at radius 2 is 2.21 bits per heavy atom. The second kappa shape index (κ2) is 5.66. The van der Waals surface area contributed by atoms with Crippen molar-refractivity contribution in [2.45, 2.75) is 38.2 Å². The zero-order valence-corrected chi connectivity index (χ0v) is 11.3. The molecule has 1 aliphatic rings. The maximum absolute atomic E-state index is 11.9. The van der Waals surface area contributed by atoms with Gasteiger partial charge in [-0.1, -0.05) is 13.8 Å². The van der Waals surface area contributed by atoms with Gasteiger partial charge in [0.25, 0.3) is 5.91 Å². The summed E-state index contributed by atoms with van der Waals surface area (Å²) in [4.78, 5) is 16.0. The highest BCUT2D eigenvalue weighted by Gasteiger charge is 2.30. The van der Waals surface area contributed by atoms with Crippen LogP contribution in [0, 0.1) is 0 Å². The fourth-order valence-electron chi connectivity index (χ4n) is 1.89. The molecule has 7 heteroatoms. The van der Waals surface area contributed by atoms with Gasteiger partial charge < -0.3 is 15.2 Å². The monoisotopic (exact) mass is 268 g/mol. The molecule has 0 saturated carbocycles. The molecule has 1 fully saturated rings. The number of ether oxygens (including phenoxy) is 1. The average molecular weight is 268 g/mol. The number of rotatable bonds is 4. The maximum atomic E-state index is 11.9. The van der Waals surface area contributed by atoms with E-state index < -0.39 is 5.60 Å². The molecule has 1 aliphatic heterocycles. The predicted molar refractivity (Wildman–Crippen MR) is 67.8 cm³/mol. The Balaban J connectivity index is 1.89. The summed E-state index contributed by atoms with van der Waals surface area (Å²) < 4.78 is 5.18. The predicted octanol–water partition coefficient (Wildman–Crippen LogP) is 0.199. The van der Waals surface area contributed by atoms with E-state index in [1.165, 1.54) is 0 Å². The normalized spacial score (nSPS) is 18.5. The molecule has 1 aromatic rings. The molecule has 0 aliphatic carbocycles. The van der Waals surface area contributed by atoms with Crippen molar-refractivity contribution in [3.63, 3.8) is 0 Å². The zero-order valence-electron chi connectivity index (χ0n) is 11.3. The van der Waals surface area contributed by atoms with Crippen LogP contribution >= 0.6 is 0 Å². The number of aromatic amines is 1. The Kier molecular flexibility index (Phi) is 4.16. The van der Waals surface area contributed by atoms with Crippen LogP contribution in [0.5, 0.6) is 0 Å². The quantitative estimate of drug-likeness (QED) is 0.724. The fourth-order valence-corrected chi connectivity index (χ4v) is 1.89. The van der Waals surface area contributed by atoms with Crippen LogP contribution in [0.2, 0.25) is 0 Å². The summed E-state index contributed by atoms with van der Waals surface area (Å²) in [5.41, 5.74) is -0.884. The number of H-pyrrole nitrogens is 1. The Morgan fingerprint density at radius 1 is 1.53 bits per heavy atom. The molecular formula is C12H20N4O3. The molecule has 0 unspecified atom stereocenters. The van der Waals surface area contributed by atoms with Crippen molar-refractivity contribution in [1.82, 2.24) is 20.5 Å². The molecular weight excluding hydrogens is 248 g/mol. The third kappa shape index (κ3) is 3.51. The average Bonchev–Trinajstić information content (AvgIpc) is 2.87. The minimum atomic E-state index is -0.884. The molecule has 1 saturated heterocycles. The van der Waals surface area contributed by atoms with Crippen LogP contribution in [0.25, 0.3) is 0 Å². The molecule has 2 rings (SSSR count). The fraction of sp³-hybridized carbons (Fsp3) is 0.750. The van der Waals surface area contributed by atoms with Gasteiger partial charge in [-0.05, 0) is 0 Å². The molecule has 3 N–H and O–H groups in total. The smallest absolute Gasteiger partial charge is 0.291 e. The Hall–Kier alpha value is -1.47. The number of amides is 1. The second-order valence-electron chi connectivity index (χ2n) is 5.22. The first kappa shape index (κ1) is 14.0. The van der Waals surface area contributed by atoms with Crippen LogP contribution in [0.4, 0.5) is 0 Å². The first-order chi connectivity index (χ1) is 9.00. The summed E-state index contributed by atoms with van der Waals surface area (Å²) in [5, 5.41) is 19.5. The van der Waals surface area contributed by atoms with Gasteiger partial charge in [0, 0.05) is 38.5 Å². The number of aromatic nitrogens is 3. The number of aliphatic hydroxyl groups is 1. The molecule has 0 atom stereocenters. The van der Waals surface area contributed by atoms with Gasteiger partial charge in [0.15, 0.2) is 0 Å². The van der Waals surface area contributed by atoms with Crippen LogP contribution in [-0.4, -0.2) is 51.6 Å². The summed E-state index contributed by atoms with van der Waals surface area (Å²) in [6, 6.07) is 0. The minimum Gasteiger partial charge on any atom is -0.388 e. The van der Waals surface area contributed by atoms with Crippen LogP contribution < -0.4 is 5.32 Å². The van der Waals surface area contributed by atoms with Crippen LogP contribution in [0.15, 0.2) is 0 Å². The van der Waals surface area contributed by atoms with Crippen LogP contribution in [-0.2, 0) is 4.74 Å². The van der Waals surface area contributed by atoms with E-state index in [0.29, 0.717) is 31.9 Å². The molecule has 2 heterocycles. The van der Waals surface area contributed by atoms with Crippen molar-refractivity contribution in [2.75, 3.05) is 19.8 Å². The number of carbonyl (C=O) groups excluding carboxylic acids is 1. The first-order valence-corrected chi connectivity index (χ1v) is 6.51. The lowest BCUT2D eigenvalue weighted by molar-refractivity contribution is -0.0605. The van der Waals surface area contributed by atoms with Gasteiger partial charge in [0.2, 0.25) is 5.82 Å². The van der Waals surface area contributed by atoms with Crippen LogP contribution in [0.1, 0.15) is 49.1 Å². The summed E-state index contributed by atoms with van der Waals surface area (Å²) in [6.45, 7) is 5.16. The molecule has 1 amide bonds. The van der Waals surface area contributed by atoms with Crippen LogP contribution in [0.3, 0.4) is 0 Å². The van der Waals surface area contributed by atoms with E-state index in [2.05, 4.69) is 20.5 Å². The zero-order chi connectivity index (χ0) is 13.9. The van der Waals surface area contributed by atoms with E-state index >= 15 is 0 Å². The molecule has 1 aromatic heterocycles. The van der Waals surface area contributed by atoms with Crippen molar-refractivity contribution in [3.8, 4) is 0 Å². The third-order valence-electron chi connectivity index (χ3n) is 3.25. The molecule has 7 nitrogen and oxygen atoms in total. The van der Waals surface area contributed by atoms with Gasteiger partial charge in [-0.2, -0.15) is 0 Å². The summed E-state index contributed by atoms with van der Waals surface area (Å²) in [6.07, 6.45) is 1.05. The number of hydrogen-bond acceptors (Lipinski definition) is 5. The van der Waals surface area contributed by atoms with Gasteiger partial charge in [0.1, 0.15) is 5.82 Å². The van der Waals surface area contributed by atoms with Gasteiger partial charge in [-0.15, -0.1) is 5.10 Å². The summed E-state index contributed by atoms with van der Waals surface area (Å²) in [5.74, 6) is 0.603.